The van der Waals surface area contributed by atoms with Crippen LogP contribution >= 0.6 is 0 Å². The maximum absolute atomic E-state index is 6.53. The maximum Gasteiger partial charge on any atom is 0.519 e. The summed E-state index contributed by atoms with van der Waals surface area (Å²) in [6, 6.07) is 34.2. The van der Waals surface area contributed by atoms with Crippen molar-refractivity contribution >= 4 is 40.0 Å². The summed E-state index contributed by atoms with van der Waals surface area (Å²) in [5.74, 6) is 3.56. The van der Waals surface area contributed by atoms with Crippen molar-refractivity contribution in [3.63, 3.8) is 0 Å². The first kappa shape index (κ1) is 23.9. The fourth-order valence-corrected chi connectivity index (χ4v) is 7.84. The molecular weight excluding hydrogens is 517 g/mol. The van der Waals surface area contributed by atoms with Crippen LogP contribution < -0.4 is 19.7 Å². The molecule has 1 saturated carbocycles. The van der Waals surface area contributed by atoms with Gasteiger partial charge in [-0.2, -0.15) is 0 Å². The van der Waals surface area contributed by atoms with E-state index in [1.807, 2.05) is 36.5 Å². The molecule has 2 aliphatic heterocycles. The average molecular weight is 547 g/mol. The number of para-hydroxylation sites is 3. The van der Waals surface area contributed by atoms with Gasteiger partial charge in [0.15, 0.2) is 0 Å². The third-order valence-electron chi connectivity index (χ3n) is 9.71. The number of nitrogens with zero attached hydrogens (tertiary/aromatic N) is 3. The predicted molar refractivity (Wildman–Crippen MR) is 170 cm³/mol. The summed E-state index contributed by atoms with van der Waals surface area (Å²) < 4.78 is 15.2. The minimum atomic E-state index is -0.193. The Hall–Kier alpha value is -4.71. The lowest BCUT2D eigenvalue weighted by molar-refractivity contribution is 0.343. The normalized spacial score (nSPS) is 16.5. The van der Waals surface area contributed by atoms with Gasteiger partial charge in [0.25, 0.3) is 0 Å². The van der Waals surface area contributed by atoms with Gasteiger partial charge in [0.1, 0.15) is 23.1 Å². The van der Waals surface area contributed by atoms with Gasteiger partial charge < -0.3 is 14.2 Å². The van der Waals surface area contributed by atoms with E-state index in [1.54, 1.807) is 0 Å². The van der Waals surface area contributed by atoms with Gasteiger partial charge in [-0.25, -0.2) is 4.98 Å². The van der Waals surface area contributed by atoms with Crippen molar-refractivity contribution in [3.05, 3.63) is 114 Å². The number of hydrogen-bond acceptors (Lipinski definition) is 4. The Morgan fingerprint density at radius 2 is 1.62 bits per heavy atom. The highest BCUT2D eigenvalue weighted by molar-refractivity contribution is 6.73. The van der Waals surface area contributed by atoms with Crippen LogP contribution in [0.15, 0.2) is 103 Å². The number of anilines is 1. The Labute approximate surface area is 245 Å². The molecular formula is C36H30BN3O2. The summed E-state index contributed by atoms with van der Waals surface area (Å²) in [5.41, 5.74) is 7.44. The second-order valence-electron chi connectivity index (χ2n) is 12.0. The first-order chi connectivity index (χ1) is 20.7. The van der Waals surface area contributed by atoms with E-state index in [0.29, 0.717) is 0 Å². The van der Waals surface area contributed by atoms with Gasteiger partial charge in [-0.15, -0.1) is 0 Å². The Morgan fingerprint density at radius 3 is 2.52 bits per heavy atom. The molecule has 0 saturated heterocycles. The molecule has 204 valence electrons. The number of hydrogen-bond donors (Lipinski definition) is 0. The van der Waals surface area contributed by atoms with E-state index in [1.165, 1.54) is 59.5 Å². The van der Waals surface area contributed by atoms with Gasteiger partial charge in [0.05, 0.1) is 16.7 Å². The average Bonchev–Trinajstić information content (AvgIpc) is 3.56. The smallest absolute Gasteiger partial charge is 0.519 e. The molecule has 2 aromatic heterocycles. The lowest BCUT2D eigenvalue weighted by Crippen LogP contribution is -2.47. The van der Waals surface area contributed by atoms with Crippen molar-refractivity contribution in [2.45, 2.75) is 37.5 Å². The Morgan fingerprint density at radius 1 is 0.786 bits per heavy atom. The fraction of sp³-hybridized carbons (Fsp3) is 0.194. The molecule has 6 heteroatoms. The molecule has 1 fully saturated rings. The third-order valence-corrected chi connectivity index (χ3v) is 9.71. The SMILES string of the molecule is CN1B(c2cccc(Oc3ccc4c5cccc6c5n(c4c3)-c3ncccc3C63CCCCC3)c2)Oc2ccccc21. The summed E-state index contributed by atoms with van der Waals surface area (Å²) in [5, 5.41) is 2.52. The highest BCUT2D eigenvalue weighted by atomic mass is 16.5. The standard InChI is InChI=1S/C36H30BN3O2/c1-39-31-15-3-4-16-33(31)42-37(39)24-10-7-11-25(22-24)41-26-17-18-27-28-12-8-13-29-34(28)40(32(27)23-26)35-30(14-9-21-38-35)36(29)19-5-2-6-20-36/h3-4,7-18,21-23H,2,5-6,19-20H2,1H3. The largest absolute Gasteiger partial charge is 0.536 e. The maximum atomic E-state index is 6.53. The van der Waals surface area contributed by atoms with E-state index in [0.717, 1.165) is 39.7 Å². The van der Waals surface area contributed by atoms with Crippen molar-refractivity contribution in [2.75, 3.05) is 11.9 Å². The van der Waals surface area contributed by atoms with Crippen molar-refractivity contribution in [1.29, 1.82) is 0 Å². The number of ether oxygens (including phenoxy) is 1. The van der Waals surface area contributed by atoms with Gasteiger partial charge in [-0.3, -0.25) is 4.57 Å². The highest BCUT2D eigenvalue weighted by Crippen LogP contribution is 2.53. The number of benzene rings is 4. The predicted octanol–water partition coefficient (Wildman–Crippen LogP) is 7.76. The van der Waals surface area contributed by atoms with Crippen molar-refractivity contribution in [3.8, 4) is 23.1 Å². The molecule has 1 spiro atoms. The molecule has 42 heavy (non-hydrogen) atoms. The molecule has 0 unspecified atom stereocenters. The van der Waals surface area contributed by atoms with Crippen LogP contribution in [0.25, 0.3) is 27.6 Å². The number of rotatable bonds is 3. The van der Waals surface area contributed by atoms with Crippen LogP contribution in [-0.4, -0.2) is 23.6 Å². The highest BCUT2D eigenvalue weighted by Gasteiger charge is 2.43. The monoisotopic (exact) mass is 547 g/mol. The van der Waals surface area contributed by atoms with Crippen LogP contribution in [0.3, 0.4) is 0 Å². The summed E-state index contributed by atoms with van der Waals surface area (Å²) in [4.78, 5) is 7.18. The van der Waals surface area contributed by atoms with Gasteiger partial charge in [0.2, 0.25) is 0 Å². The van der Waals surface area contributed by atoms with Crippen molar-refractivity contribution in [2.24, 2.45) is 0 Å². The van der Waals surface area contributed by atoms with Gasteiger partial charge in [0, 0.05) is 34.0 Å². The van der Waals surface area contributed by atoms with Crippen LogP contribution in [0.5, 0.6) is 17.2 Å². The van der Waals surface area contributed by atoms with Gasteiger partial charge in [-0.1, -0.05) is 67.8 Å². The molecule has 4 heterocycles. The third kappa shape index (κ3) is 3.29. The minimum Gasteiger partial charge on any atom is -0.536 e. The summed E-state index contributed by atoms with van der Waals surface area (Å²) in [6.45, 7) is 0. The summed E-state index contributed by atoms with van der Waals surface area (Å²) in [6.07, 6.45) is 8.14. The lowest BCUT2D eigenvalue weighted by Gasteiger charge is -2.42. The van der Waals surface area contributed by atoms with Gasteiger partial charge in [-0.05, 0) is 73.4 Å². The van der Waals surface area contributed by atoms with Crippen molar-refractivity contribution < 1.29 is 9.39 Å². The van der Waals surface area contributed by atoms with Crippen LogP contribution in [0, 0.1) is 0 Å². The zero-order chi connectivity index (χ0) is 27.8. The zero-order valence-corrected chi connectivity index (χ0v) is 23.6. The number of fused-ring (bicyclic) bond motifs is 8. The quantitative estimate of drug-likeness (QED) is 0.212. The van der Waals surface area contributed by atoms with E-state index in [-0.39, 0.29) is 12.5 Å². The second kappa shape index (κ2) is 8.90. The van der Waals surface area contributed by atoms with E-state index in [9.17, 15) is 0 Å². The molecule has 0 N–H and O–H groups in total. The molecule has 4 aromatic carbocycles. The second-order valence-corrected chi connectivity index (χ2v) is 12.0. The van der Waals surface area contributed by atoms with E-state index in [2.05, 4.69) is 83.2 Å². The topological polar surface area (TPSA) is 39.5 Å². The van der Waals surface area contributed by atoms with Crippen LogP contribution in [0.2, 0.25) is 0 Å². The first-order valence-corrected chi connectivity index (χ1v) is 15.0. The molecule has 5 nitrogen and oxygen atoms in total. The fourth-order valence-electron chi connectivity index (χ4n) is 7.84. The molecule has 1 aliphatic carbocycles. The van der Waals surface area contributed by atoms with Crippen LogP contribution in [0.4, 0.5) is 5.69 Å². The molecule has 0 atom stereocenters. The number of aromatic nitrogens is 2. The van der Waals surface area contributed by atoms with E-state index >= 15 is 0 Å². The molecule has 3 aliphatic rings. The number of pyridine rings is 1. The van der Waals surface area contributed by atoms with Gasteiger partial charge >= 0.3 is 7.05 Å². The summed E-state index contributed by atoms with van der Waals surface area (Å²) >= 11 is 0. The molecule has 0 bridgehead atoms. The Kier molecular flexibility index (Phi) is 5.07. The Bertz CT molecular complexity index is 2030. The zero-order valence-electron chi connectivity index (χ0n) is 23.6. The molecule has 0 amide bonds. The summed E-state index contributed by atoms with van der Waals surface area (Å²) in [7, 11) is 1.88. The van der Waals surface area contributed by atoms with Crippen LogP contribution in [0.1, 0.15) is 43.2 Å². The molecule has 6 aromatic rings. The van der Waals surface area contributed by atoms with E-state index in [4.69, 9.17) is 14.4 Å². The molecule has 0 radical (unpaired) electrons. The lowest BCUT2D eigenvalue weighted by atomic mass is 9.64. The minimum absolute atomic E-state index is 0.0423. The van der Waals surface area contributed by atoms with Crippen molar-refractivity contribution in [1.82, 2.24) is 9.55 Å². The molecule has 9 rings (SSSR count). The Balaban J connectivity index is 1.15. The van der Waals surface area contributed by atoms with Crippen LogP contribution in [-0.2, 0) is 5.41 Å². The van der Waals surface area contributed by atoms with E-state index < -0.39 is 0 Å². The first-order valence-electron chi connectivity index (χ1n) is 15.0.